The molecule has 4 rings (SSSR count). The van der Waals surface area contributed by atoms with Gasteiger partial charge >= 0.3 is 11.8 Å². The number of ether oxygens (including phenoxy) is 1. The molecule has 0 aliphatic heterocycles. The molecule has 1 aromatic rings. The largest absolute Gasteiger partial charge is 0.371 e. The quantitative estimate of drug-likeness (QED) is 0.303. The molecular weight excluding hydrogens is 442 g/mol. The van der Waals surface area contributed by atoms with Crippen molar-refractivity contribution in [3.8, 4) is 0 Å². The molecule has 3 aliphatic carbocycles. The summed E-state index contributed by atoms with van der Waals surface area (Å²) in [7, 11) is 0. The summed E-state index contributed by atoms with van der Waals surface area (Å²) in [4.78, 5) is 0. The van der Waals surface area contributed by atoms with E-state index in [9.17, 15) is 4.39 Å². The molecule has 3 aliphatic rings. The van der Waals surface area contributed by atoms with Crippen molar-refractivity contribution in [1.29, 1.82) is 0 Å². The minimum atomic E-state index is -4.89. The third kappa shape index (κ3) is 3.96. The van der Waals surface area contributed by atoms with Gasteiger partial charge in [0.05, 0.1) is 11.1 Å². The lowest BCUT2D eigenvalue weighted by atomic mass is 9.74. The fourth-order valence-electron chi connectivity index (χ4n) is 5.36. The number of hydrogen-bond donors (Lipinski definition) is 0. The van der Waals surface area contributed by atoms with Gasteiger partial charge in [0.1, 0.15) is 17.7 Å². The van der Waals surface area contributed by atoms with Crippen LogP contribution in [0.15, 0.2) is 42.3 Å². The van der Waals surface area contributed by atoms with Crippen molar-refractivity contribution >= 4 is 5.57 Å². The Hall–Kier alpha value is -2.02. The van der Waals surface area contributed by atoms with Crippen LogP contribution in [0.5, 0.6) is 0 Å². The van der Waals surface area contributed by atoms with E-state index in [1.165, 1.54) is 18.2 Å². The third-order valence-corrected chi connectivity index (χ3v) is 7.28. The molecular formula is C26H28F6O. The van der Waals surface area contributed by atoms with Gasteiger partial charge in [-0.25, -0.2) is 8.78 Å². The van der Waals surface area contributed by atoms with Crippen molar-refractivity contribution in [1.82, 2.24) is 0 Å². The Kier molecular flexibility index (Phi) is 6.56. The maximum atomic E-state index is 15.3. The molecule has 0 radical (unpaired) electrons. The number of benzene rings is 1. The molecule has 0 bridgehead atoms. The van der Waals surface area contributed by atoms with Gasteiger partial charge in [0.25, 0.3) is 0 Å². The van der Waals surface area contributed by atoms with E-state index in [4.69, 9.17) is 4.74 Å². The van der Waals surface area contributed by atoms with E-state index in [1.807, 2.05) is 6.08 Å². The standard InChI is InChI=1S/C26H28F6O/c1-3-15-5-7-16(8-6-15)9-10-17-11-12-18-19-13-14-20(33-4-2)24(28)22(19)26(31,32)25(29,30)21(18)23(17)27/h3,11-13,15-16,20H,1,4-10,14H2,2H3. The first-order valence-corrected chi connectivity index (χ1v) is 11.6. The highest BCUT2D eigenvalue weighted by atomic mass is 19.3. The van der Waals surface area contributed by atoms with Crippen molar-refractivity contribution in [3.05, 3.63) is 64.8 Å². The van der Waals surface area contributed by atoms with Gasteiger partial charge in [0.2, 0.25) is 0 Å². The molecule has 0 heterocycles. The van der Waals surface area contributed by atoms with E-state index in [1.54, 1.807) is 6.92 Å². The molecule has 7 heteroatoms. The average Bonchev–Trinajstić information content (AvgIpc) is 2.78. The molecule has 0 amide bonds. The Balaban J connectivity index is 1.67. The molecule has 0 aromatic heterocycles. The van der Waals surface area contributed by atoms with Crippen LogP contribution in [-0.4, -0.2) is 18.6 Å². The van der Waals surface area contributed by atoms with Gasteiger partial charge in [-0.2, -0.15) is 17.6 Å². The maximum Gasteiger partial charge on any atom is 0.343 e. The monoisotopic (exact) mass is 470 g/mol. The van der Waals surface area contributed by atoms with E-state index in [-0.39, 0.29) is 36.1 Å². The van der Waals surface area contributed by atoms with Gasteiger partial charge in [-0.3, -0.25) is 0 Å². The molecule has 33 heavy (non-hydrogen) atoms. The average molecular weight is 470 g/mol. The Labute approximate surface area is 190 Å². The molecule has 1 nitrogen and oxygen atoms in total. The molecule has 1 aromatic carbocycles. The molecule has 0 N–H and O–H groups in total. The van der Waals surface area contributed by atoms with E-state index >= 15 is 22.0 Å². The van der Waals surface area contributed by atoms with Crippen molar-refractivity contribution in [3.63, 3.8) is 0 Å². The summed E-state index contributed by atoms with van der Waals surface area (Å²) >= 11 is 0. The fraction of sp³-hybridized carbons (Fsp3) is 0.538. The normalized spacial score (nSPS) is 28.1. The highest BCUT2D eigenvalue weighted by Gasteiger charge is 2.67. The van der Waals surface area contributed by atoms with Gasteiger partial charge in [-0.1, -0.05) is 24.3 Å². The topological polar surface area (TPSA) is 9.23 Å². The van der Waals surface area contributed by atoms with Crippen molar-refractivity contribution in [2.75, 3.05) is 6.61 Å². The summed E-state index contributed by atoms with van der Waals surface area (Å²) in [6, 6.07) is 2.60. The molecule has 1 unspecified atom stereocenters. The predicted molar refractivity (Wildman–Crippen MR) is 115 cm³/mol. The van der Waals surface area contributed by atoms with Crippen LogP contribution in [0.3, 0.4) is 0 Å². The lowest BCUT2D eigenvalue weighted by molar-refractivity contribution is -0.196. The van der Waals surface area contributed by atoms with E-state index < -0.39 is 40.7 Å². The van der Waals surface area contributed by atoms with Crippen LogP contribution in [-0.2, 0) is 17.1 Å². The third-order valence-electron chi connectivity index (χ3n) is 7.28. The first-order valence-electron chi connectivity index (χ1n) is 11.6. The number of allylic oxidation sites excluding steroid dienone is 3. The second-order valence-corrected chi connectivity index (χ2v) is 9.19. The van der Waals surface area contributed by atoms with Crippen LogP contribution in [0.25, 0.3) is 5.57 Å². The molecule has 1 atom stereocenters. The molecule has 1 saturated carbocycles. The van der Waals surface area contributed by atoms with E-state index in [2.05, 4.69) is 6.58 Å². The van der Waals surface area contributed by atoms with Gasteiger partial charge < -0.3 is 4.74 Å². The summed E-state index contributed by atoms with van der Waals surface area (Å²) in [6.07, 6.45) is 6.39. The fourth-order valence-corrected chi connectivity index (χ4v) is 5.36. The molecule has 1 fully saturated rings. The highest BCUT2D eigenvalue weighted by molar-refractivity contribution is 5.87. The highest BCUT2D eigenvalue weighted by Crippen LogP contribution is 2.60. The Morgan fingerprint density at radius 1 is 1.06 bits per heavy atom. The van der Waals surface area contributed by atoms with Gasteiger partial charge in [0, 0.05) is 6.61 Å². The Bertz CT molecular complexity index is 985. The van der Waals surface area contributed by atoms with Gasteiger partial charge in [-0.05, 0) is 80.4 Å². The number of fused-ring (bicyclic) bond motifs is 3. The van der Waals surface area contributed by atoms with Gasteiger partial charge in [0.15, 0.2) is 0 Å². The smallest absolute Gasteiger partial charge is 0.343 e. The van der Waals surface area contributed by atoms with E-state index in [0.717, 1.165) is 25.7 Å². The van der Waals surface area contributed by atoms with Crippen molar-refractivity contribution < 1.29 is 31.1 Å². The Morgan fingerprint density at radius 2 is 1.76 bits per heavy atom. The summed E-state index contributed by atoms with van der Waals surface area (Å²) in [5, 5.41) is 0. The lowest BCUT2D eigenvalue weighted by Gasteiger charge is -2.39. The molecule has 0 saturated heterocycles. The summed E-state index contributed by atoms with van der Waals surface area (Å²) in [6.45, 7) is 5.41. The number of halogens is 6. The first kappa shape index (κ1) is 24.1. The number of hydrogen-bond acceptors (Lipinski definition) is 1. The SMILES string of the molecule is C=CC1CCC(CCc2ccc3c(c2F)C(F)(F)C(F)(F)C2=C(F)C(OCC)CC=C23)CC1. The summed E-state index contributed by atoms with van der Waals surface area (Å²) in [5.74, 6) is -11.7. The van der Waals surface area contributed by atoms with Crippen LogP contribution in [0, 0.1) is 17.7 Å². The minimum Gasteiger partial charge on any atom is -0.371 e. The van der Waals surface area contributed by atoms with Crippen LogP contribution in [0.1, 0.15) is 62.1 Å². The zero-order chi connectivity index (χ0) is 24.0. The van der Waals surface area contributed by atoms with Gasteiger partial charge in [-0.15, -0.1) is 6.58 Å². The molecule has 0 spiro atoms. The maximum absolute atomic E-state index is 15.3. The first-order chi connectivity index (χ1) is 15.6. The number of rotatable bonds is 6. The van der Waals surface area contributed by atoms with Crippen LogP contribution in [0.2, 0.25) is 0 Å². The van der Waals surface area contributed by atoms with E-state index in [0.29, 0.717) is 18.3 Å². The Morgan fingerprint density at radius 3 is 2.39 bits per heavy atom. The van der Waals surface area contributed by atoms with Crippen LogP contribution >= 0.6 is 0 Å². The zero-order valence-corrected chi connectivity index (χ0v) is 18.6. The second kappa shape index (κ2) is 8.97. The summed E-state index contributed by atoms with van der Waals surface area (Å²) in [5.41, 5.74) is -3.48. The van der Waals surface area contributed by atoms with Crippen LogP contribution in [0.4, 0.5) is 26.3 Å². The minimum absolute atomic E-state index is 0.00780. The zero-order valence-electron chi connectivity index (χ0n) is 18.6. The van der Waals surface area contributed by atoms with Crippen LogP contribution < -0.4 is 0 Å². The lowest BCUT2D eigenvalue weighted by Crippen LogP contribution is -2.46. The summed E-state index contributed by atoms with van der Waals surface area (Å²) < 4.78 is 95.5. The number of alkyl halides is 4. The van der Waals surface area contributed by atoms with Crippen molar-refractivity contribution in [2.45, 2.75) is 69.8 Å². The van der Waals surface area contributed by atoms with Crippen molar-refractivity contribution in [2.24, 2.45) is 11.8 Å². The predicted octanol–water partition coefficient (Wildman–Crippen LogP) is 7.91. The second-order valence-electron chi connectivity index (χ2n) is 9.19. The molecule has 180 valence electrons. The number of aryl methyl sites for hydroxylation is 1.